The maximum Gasteiger partial charge on any atom is 0.293 e. The van der Waals surface area contributed by atoms with Gasteiger partial charge < -0.3 is 4.74 Å². The molecule has 2 amide bonds. The van der Waals surface area contributed by atoms with Crippen LogP contribution in [0.15, 0.2) is 64.6 Å². The largest absolute Gasteiger partial charge is 0.491 e. The fraction of sp³-hybridized carbons (Fsp3) is 0.276. The number of hydrogen-bond acceptors (Lipinski definition) is 5. The van der Waals surface area contributed by atoms with Gasteiger partial charge in [0.2, 0.25) is 0 Å². The van der Waals surface area contributed by atoms with Crippen LogP contribution in [0.4, 0.5) is 4.79 Å². The van der Waals surface area contributed by atoms with Crippen LogP contribution in [0.3, 0.4) is 0 Å². The van der Waals surface area contributed by atoms with Gasteiger partial charge in [0, 0.05) is 0 Å². The van der Waals surface area contributed by atoms with E-state index in [1.807, 2.05) is 56.3 Å². The normalized spacial score (nSPS) is 15.9. The lowest BCUT2D eigenvalue weighted by Crippen LogP contribution is -2.32. The molecule has 1 saturated heterocycles. The highest BCUT2D eigenvalue weighted by molar-refractivity contribution is 8.18. The Morgan fingerprint density at radius 3 is 2.23 bits per heavy atom. The van der Waals surface area contributed by atoms with Crippen molar-refractivity contribution in [1.29, 1.82) is 0 Å². The van der Waals surface area contributed by atoms with Gasteiger partial charge in [-0.2, -0.15) is 0 Å². The van der Waals surface area contributed by atoms with E-state index in [2.05, 4.69) is 26.0 Å². The number of carbonyl (C=O) groups is 3. The molecular formula is C29H31NO4S. The van der Waals surface area contributed by atoms with Crippen LogP contribution in [0, 0.1) is 6.92 Å². The van der Waals surface area contributed by atoms with Gasteiger partial charge in [0.25, 0.3) is 11.1 Å². The van der Waals surface area contributed by atoms with Gasteiger partial charge in [-0.05, 0) is 90.1 Å². The van der Waals surface area contributed by atoms with E-state index < -0.39 is 0 Å². The Bertz CT molecular complexity index is 1210. The summed E-state index contributed by atoms with van der Waals surface area (Å²) in [5.74, 6) is 0.812. The molecule has 1 aliphatic heterocycles. The Morgan fingerprint density at radius 2 is 1.63 bits per heavy atom. The van der Waals surface area contributed by atoms with Gasteiger partial charge in [0.05, 0.1) is 11.4 Å². The molecule has 6 heteroatoms. The Labute approximate surface area is 211 Å². The summed E-state index contributed by atoms with van der Waals surface area (Å²) in [6, 6.07) is 13.9. The second-order valence-corrected chi connectivity index (χ2v) is 9.93. The molecule has 0 N–H and O–H groups in total. The zero-order valence-electron chi connectivity index (χ0n) is 20.8. The van der Waals surface area contributed by atoms with E-state index in [0.29, 0.717) is 16.4 Å². The summed E-state index contributed by atoms with van der Waals surface area (Å²) in [6.45, 7) is 10.3. The molecule has 35 heavy (non-hydrogen) atoms. The number of thioether (sulfide) groups is 1. The molecule has 0 unspecified atom stereocenters. The lowest BCUT2D eigenvalue weighted by atomic mass is 10.0. The Hall–Kier alpha value is -3.38. The third-order valence-corrected chi connectivity index (χ3v) is 6.41. The van der Waals surface area contributed by atoms with Crippen molar-refractivity contribution in [2.45, 2.75) is 40.5 Å². The van der Waals surface area contributed by atoms with Crippen LogP contribution in [0.25, 0.3) is 12.2 Å². The van der Waals surface area contributed by atoms with Gasteiger partial charge in [-0.25, -0.2) is 0 Å². The molecule has 0 aromatic heterocycles. The van der Waals surface area contributed by atoms with Crippen LogP contribution in [0.5, 0.6) is 5.75 Å². The quantitative estimate of drug-likeness (QED) is 0.287. The van der Waals surface area contributed by atoms with E-state index in [0.717, 1.165) is 51.6 Å². The molecule has 0 saturated carbocycles. The number of benzene rings is 2. The fourth-order valence-electron chi connectivity index (χ4n) is 3.68. The average Bonchev–Trinajstić information content (AvgIpc) is 3.07. The van der Waals surface area contributed by atoms with Crippen molar-refractivity contribution in [3.63, 3.8) is 0 Å². The zero-order chi connectivity index (χ0) is 25.5. The lowest BCUT2D eigenvalue weighted by molar-refractivity contribution is -0.123. The number of nitrogens with zero attached hydrogens (tertiary/aromatic N) is 1. The van der Waals surface area contributed by atoms with E-state index >= 15 is 0 Å². The van der Waals surface area contributed by atoms with E-state index in [1.165, 1.54) is 4.90 Å². The summed E-state index contributed by atoms with van der Waals surface area (Å²) in [7, 11) is 0. The minimum absolute atomic E-state index is 0.200. The molecule has 0 spiro atoms. The fourth-order valence-corrected chi connectivity index (χ4v) is 4.59. The second-order valence-electron chi connectivity index (χ2n) is 8.94. The molecule has 1 fully saturated rings. The Morgan fingerprint density at radius 1 is 1.00 bits per heavy atom. The van der Waals surface area contributed by atoms with E-state index in [4.69, 9.17) is 4.74 Å². The number of amides is 2. The summed E-state index contributed by atoms with van der Waals surface area (Å²) in [5.41, 5.74) is 5.63. The predicted molar refractivity (Wildman–Crippen MR) is 143 cm³/mol. The van der Waals surface area contributed by atoms with E-state index in [1.54, 1.807) is 13.0 Å². The van der Waals surface area contributed by atoms with Crippen molar-refractivity contribution in [3.05, 3.63) is 86.8 Å². The minimum Gasteiger partial charge on any atom is -0.491 e. The molecule has 1 aliphatic rings. The van der Waals surface area contributed by atoms with Crippen LogP contribution < -0.4 is 4.74 Å². The third-order valence-electron chi connectivity index (χ3n) is 5.51. The predicted octanol–water partition coefficient (Wildman–Crippen LogP) is 6.78. The Balaban J connectivity index is 1.64. The number of aldehydes is 1. The van der Waals surface area contributed by atoms with Crippen LogP contribution >= 0.6 is 11.8 Å². The van der Waals surface area contributed by atoms with Crippen molar-refractivity contribution in [3.8, 4) is 5.75 Å². The van der Waals surface area contributed by atoms with Gasteiger partial charge in [-0.1, -0.05) is 56.3 Å². The molecular weight excluding hydrogens is 458 g/mol. The lowest BCUT2D eigenvalue weighted by Gasteiger charge is -2.17. The van der Waals surface area contributed by atoms with Gasteiger partial charge in [-0.15, -0.1) is 0 Å². The molecule has 0 aliphatic carbocycles. The highest BCUT2D eigenvalue weighted by Crippen LogP contribution is 2.32. The molecule has 5 nitrogen and oxygen atoms in total. The van der Waals surface area contributed by atoms with Crippen molar-refractivity contribution < 1.29 is 19.1 Å². The highest BCUT2D eigenvalue weighted by atomic mass is 32.2. The molecule has 0 atom stereocenters. The summed E-state index contributed by atoms with van der Waals surface area (Å²) >= 11 is 0.951. The van der Waals surface area contributed by atoms with Crippen molar-refractivity contribution >= 4 is 41.3 Å². The smallest absolute Gasteiger partial charge is 0.293 e. The number of allylic oxidation sites excluding steroid dienone is 3. The SMILES string of the molecule is C/C(C=O)=C\c1ccc(/C=C(C)/C=C2\SC(=O)N(CCOc3cc(C)ccc3C(C)C)C2=O)cc1. The molecule has 1 heterocycles. The standard InChI is InChI=1S/C29H31NO4S/c1-19(2)25-11-6-20(3)16-26(25)34-13-12-30-28(32)27(35-29(30)33)17-21(4)14-23-7-9-24(10-8-23)15-22(5)18-31/h6-11,14-19H,12-13H2,1-5H3/b21-14+,22-15+,27-17-. The number of imide groups is 1. The van der Waals surface area contributed by atoms with Gasteiger partial charge in [0.15, 0.2) is 0 Å². The van der Waals surface area contributed by atoms with Crippen molar-refractivity contribution in [2.75, 3.05) is 13.2 Å². The monoisotopic (exact) mass is 489 g/mol. The van der Waals surface area contributed by atoms with Crippen molar-refractivity contribution in [1.82, 2.24) is 4.90 Å². The highest BCUT2D eigenvalue weighted by Gasteiger charge is 2.34. The number of ether oxygens (including phenoxy) is 1. The molecule has 3 rings (SSSR count). The number of hydrogen-bond donors (Lipinski definition) is 0. The second kappa shape index (κ2) is 11.8. The first-order valence-corrected chi connectivity index (χ1v) is 12.4. The topological polar surface area (TPSA) is 63.7 Å². The van der Waals surface area contributed by atoms with E-state index in [-0.39, 0.29) is 24.3 Å². The zero-order valence-corrected chi connectivity index (χ0v) is 21.6. The summed E-state index contributed by atoms with van der Waals surface area (Å²) in [4.78, 5) is 37.8. The minimum atomic E-state index is -0.297. The van der Waals surface area contributed by atoms with Crippen LogP contribution in [0.1, 0.15) is 55.9 Å². The first-order valence-electron chi connectivity index (χ1n) is 11.6. The summed E-state index contributed by atoms with van der Waals surface area (Å²) < 4.78 is 5.96. The van der Waals surface area contributed by atoms with Gasteiger partial charge in [0.1, 0.15) is 18.6 Å². The first kappa shape index (κ1) is 26.2. The molecule has 2 aromatic rings. The number of aryl methyl sites for hydroxylation is 1. The number of rotatable bonds is 9. The third kappa shape index (κ3) is 7.06. The van der Waals surface area contributed by atoms with Crippen LogP contribution in [-0.4, -0.2) is 35.5 Å². The molecule has 182 valence electrons. The van der Waals surface area contributed by atoms with E-state index in [9.17, 15) is 14.4 Å². The maximum atomic E-state index is 12.8. The van der Waals surface area contributed by atoms with Crippen molar-refractivity contribution in [2.24, 2.45) is 0 Å². The summed E-state index contributed by atoms with van der Waals surface area (Å²) in [5, 5.41) is -0.285. The van der Waals surface area contributed by atoms with Gasteiger partial charge >= 0.3 is 0 Å². The Kier molecular flexibility index (Phi) is 8.88. The number of carbonyl (C=O) groups excluding carboxylic acids is 3. The van der Waals surface area contributed by atoms with Gasteiger partial charge in [-0.3, -0.25) is 19.3 Å². The molecule has 0 bridgehead atoms. The van der Waals surface area contributed by atoms with Crippen LogP contribution in [-0.2, 0) is 9.59 Å². The first-order chi connectivity index (χ1) is 16.7. The molecule has 2 aromatic carbocycles. The maximum absolute atomic E-state index is 12.8. The summed E-state index contributed by atoms with van der Waals surface area (Å²) in [6.07, 6.45) is 6.33. The molecule has 0 radical (unpaired) electrons. The average molecular weight is 490 g/mol. The van der Waals surface area contributed by atoms with Crippen LogP contribution in [0.2, 0.25) is 0 Å².